The Bertz CT molecular complexity index is 651. The minimum absolute atomic E-state index is 0.253. The summed E-state index contributed by atoms with van der Waals surface area (Å²) in [6.07, 6.45) is 4.98. The molecule has 1 fully saturated rings. The van der Waals surface area contributed by atoms with Crippen LogP contribution in [0.5, 0.6) is 0 Å². The fourth-order valence-corrected chi connectivity index (χ4v) is 3.79. The smallest absolute Gasteiger partial charge is 0.227 e. The molecule has 1 aromatic rings. The summed E-state index contributed by atoms with van der Waals surface area (Å²) in [5.41, 5.74) is 6.47. The van der Waals surface area contributed by atoms with Crippen LogP contribution in [-0.2, 0) is 10.0 Å². The topological polar surface area (TPSA) is 135 Å². The highest BCUT2D eigenvalue weighted by molar-refractivity contribution is 7.88. The van der Waals surface area contributed by atoms with E-state index < -0.39 is 10.0 Å². The average Bonchev–Trinajstić information content (AvgIpc) is 2.59. The lowest BCUT2D eigenvalue weighted by Gasteiger charge is -2.31. The lowest BCUT2D eigenvalue weighted by molar-refractivity contribution is 0.240. The van der Waals surface area contributed by atoms with E-state index in [1.54, 1.807) is 0 Å². The van der Waals surface area contributed by atoms with Crippen molar-refractivity contribution in [1.29, 1.82) is 0 Å². The van der Waals surface area contributed by atoms with E-state index in [0.29, 0.717) is 30.2 Å². The molecule has 1 unspecified atom stereocenters. The molecule has 0 bridgehead atoms. The van der Waals surface area contributed by atoms with Crippen LogP contribution in [0.4, 0.5) is 11.9 Å². The molecule has 10 heteroatoms. The Morgan fingerprint density at radius 3 is 2.04 bits per heavy atom. The van der Waals surface area contributed by atoms with Gasteiger partial charge < -0.3 is 16.4 Å². The number of nitrogens with zero attached hydrogens (tertiary/aromatic N) is 3. The minimum atomic E-state index is -3.13. The molecule has 1 aliphatic carbocycles. The summed E-state index contributed by atoms with van der Waals surface area (Å²) < 4.78 is 25.1. The second-order valence-corrected chi connectivity index (χ2v) is 8.66. The van der Waals surface area contributed by atoms with Crippen LogP contribution in [0, 0.1) is 11.8 Å². The molecule has 1 atom stereocenters. The van der Waals surface area contributed by atoms with Gasteiger partial charge >= 0.3 is 0 Å². The van der Waals surface area contributed by atoms with Gasteiger partial charge in [-0.05, 0) is 51.4 Å². The van der Waals surface area contributed by atoms with Gasteiger partial charge in [0.1, 0.15) is 0 Å². The Morgan fingerprint density at radius 1 is 1.04 bits per heavy atom. The molecular formula is C16H31N7O2S. The molecule has 0 amide bonds. The van der Waals surface area contributed by atoms with E-state index in [-0.39, 0.29) is 12.0 Å². The first-order chi connectivity index (χ1) is 12.3. The average molecular weight is 386 g/mol. The summed E-state index contributed by atoms with van der Waals surface area (Å²) in [5.74, 6) is 2.33. The number of nitrogens with two attached hydrogens (primary N) is 1. The second-order valence-electron chi connectivity index (χ2n) is 6.83. The molecule has 0 aromatic carbocycles. The van der Waals surface area contributed by atoms with Gasteiger partial charge in [-0.1, -0.05) is 0 Å². The van der Waals surface area contributed by atoms with Gasteiger partial charge in [0.2, 0.25) is 21.9 Å². The van der Waals surface area contributed by atoms with Crippen molar-refractivity contribution in [3.05, 3.63) is 5.82 Å². The van der Waals surface area contributed by atoms with Gasteiger partial charge in [0, 0.05) is 19.6 Å². The third kappa shape index (κ3) is 6.33. The number of hydrogen-bond acceptors (Lipinski definition) is 8. The first kappa shape index (κ1) is 20.8. The molecule has 5 N–H and O–H groups in total. The number of rotatable bonds is 9. The van der Waals surface area contributed by atoms with E-state index in [0.717, 1.165) is 38.8 Å². The zero-order valence-electron chi connectivity index (χ0n) is 15.8. The van der Waals surface area contributed by atoms with E-state index in [4.69, 9.17) is 5.73 Å². The molecule has 1 aromatic heterocycles. The van der Waals surface area contributed by atoms with Gasteiger partial charge in [-0.25, -0.2) is 13.1 Å². The first-order valence-electron chi connectivity index (χ1n) is 9.26. The van der Waals surface area contributed by atoms with Gasteiger partial charge in [0.15, 0.2) is 5.82 Å². The number of aromatic nitrogens is 3. The molecule has 9 nitrogen and oxygen atoms in total. The largest absolute Gasteiger partial charge is 0.354 e. The molecule has 0 radical (unpaired) electrons. The van der Waals surface area contributed by atoms with Crippen LogP contribution in [0.15, 0.2) is 0 Å². The van der Waals surface area contributed by atoms with Gasteiger partial charge in [-0.3, -0.25) is 0 Å². The van der Waals surface area contributed by atoms with Crippen LogP contribution in [0.2, 0.25) is 0 Å². The quantitative estimate of drug-likeness (QED) is 0.496. The molecule has 148 valence electrons. The number of nitrogens with one attached hydrogen (secondary N) is 3. The fraction of sp³-hybridized carbons (Fsp3) is 0.812. The Kier molecular flexibility index (Phi) is 7.54. The van der Waals surface area contributed by atoms with Crippen molar-refractivity contribution in [2.24, 2.45) is 17.6 Å². The lowest BCUT2D eigenvalue weighted by atomic mass is 9.78. The highest BCUT2D eigenvalue weighted by atomic mass is 32.2. The van der Waals surface area contributed by atoms with Gasteiger partial charge in [0.25, 0.3) is 0 Å². The van der Waals surface area contributed by atoms with Crippen molar-refractivity contribution < 1.29 is 8.42 Å². The molecule has 1 aliphatic rings. The van der Waals surface area contributed by atoms with Crippen molar-refractivity contribution in [2.45, 2.75) is 45.6 Å². The van der Waals surface area contributed by atoms with E-state index in [1.165, 1.54) is 6.26 Å². The Hall–Kier alpha value is -1.52. The molecule has 0 saturated heterocycles. The molecule has 0 aliphatic heterocycles. The highest BCUT2D eigenvalue weighted by Crippen LogP contribution is 2.35. The monoisotopic (exact) mass is 385 g/mol. The van der Waals surface area contributed by atoms with Crippen LogP contribution in [0.1, 0.15) is 51.4 Å². The molecule has 2 rings (SSSR count). The summed E-state index contributed by atoms with van der Waals surface area (Å²) >= 11 is 0. The number of sulfonamides is 1. The normalized spacial score (nSPS) is 22.0. The summed E-state index contributed by atoms with van der Waals surface area (Å²) in [7, 11) is -3.13. The van der Waals surface area contributed by atoms with Gasteiger partial charge in [-0.15, -0.1) is 0 Å². The van der Waals surface area contributed by atoms with Crippen molar-refractivity contribution >= 4 is 21.9 Å². The second kappa shape index (κ2) is 9.43. The Labute approximate surface area is 156 Å². The zero-order valence-corrected chi connectivity index (χ0v) is 16.6. The van der Waals surface area contributed by atoms with Gasteiger partial charge in [-0.2, -0.15) is 15.0 Å². The predicted molar refractivity (Wildman–Crippen MR) is 103 cm³/mol. The SMILES string of the molecule is CCNc1nc(NCC)nc(C(N)C2CCC(CNS(C)(=O)=O)CC2)n1. The third-order valence-electron chi connectivity index (χ3n) is 4.65. The number of anilines is 2. The molecule has 1 saturated carbocycles. The molecular weight excluding hydrogens is 354 g/mol. The summed E-state index contributed by atoms with van der Waals surface area (Å²) in [6, 6.07) is -0.253. The van der Waals surface area contributed by atoms with Crippen LogP contribution in [0.25, 0.3) is 0 Å². The Balaban J connectivity index is 1.99. The summed E-state index contributed by atoms with van der Waals surface area (Å²) in [6.45, 7) is 5.93. The maximum Gasteiger partial charge on any atom is 0.227 e. The van der Waals surface area contributed by atoms with Crippen molar-refractivity contribution in [3.63, 3.8) is 0 Å². The highest BCUT2D eigenvalue weighted by Gasteiger charge is 2.29. The van der Waals surface area contributed by atoms with Crippen LogP contribution in [0.3, 0.4) is 0 Å². The zero-order chi connectivity index (χ0) is 19.2. The van der Waals surface area contributed by atoms with E-state index in [9.17, 15) is 8.42 Å². The predicted octanol–water partition coefficient (Wildman–Crippen LogP) is 1.09. The lowest BCUT2D eigenvalue weighted by Crippen LogP contribution is -2.33. The molecule has 26 heavy (non-hydrogen) atoms. The van der Waals surface area contributed by atoms with Crippen molar-refractivity contribution in [2.75, 3.05) is 36.5 Å². The minimum Gasteiger partial charge on any atom is -0.354 e. The van der Waals surface area contributed by atoms with Crippen LogP contribution >= 0.6 is 0 Å². The maximum atomic E-state index is 11.2. The van der Waals surface area contributed by atoms with E-state index in [1.807, 2.05) is 13.8 Å². The first-order valence-corrected chi connectivity index (χ1v) is 11.2. The Morgan fingerprint density at radius 2 is 1.58 bits per heavy atom. The standard InChI is InChI=1S/C16H31N7O2S/c1-4-18-15-21-14(22-16(23-15)19-5-2)13(17)12-8-6-11(7-9-12)10-20-26(3,24)25/h11-13,20H,4-10,17H2,1-3H3,(H2,18,19,21,22,23). The van der Waals surface area contributed by atoms with Gasteiger partial charge in [0.05, 0.1) is 12.3 Å². The molecule has 1 heterocycles. The van der Waals surface area contributed by atoms with Crippen molar-refractivity contribution in [1.82, 2.24) is 19.7 Å². The van der Waals surface area contributed by atoms with Crippen LogP contribution in [-0.4, -0.2) is 49.3 Å². The van der Waals surface area contributed by atoms with Crippen molar-refractivity contribution in [3.8, 4) is 0 Å². The summed E-state index contributed by atoms with van der Waals surface area (Å²) in [4.78, 5) is 13.3. The van der Waals surface area contributed by atoms with E-state index >= 15 is 0 Å². The molecule has 0 spiro atoms. The van der Waals surface area contributed by atoms with Crippen LogP contribution < -0.4 is 21.1 Å². The third-order valence-corrected chi connectivity index (χ3v) is 5.35. The maximum absolute atomic E-state index is 11.2. The summed E-state index contributed by atoms with van der Waals surface area (Å²) in [5, 5.41) is 6.24. The fourth-order valence-electron chi connectivity index (χ4n) is 3.25. The van der Waals surface area contributed by atoms with E-state index in [2.05, 4.69) is 30.3 Å². The number of hydrogen-bond donors (Lipinski definition) is 4.